The second-order valence-electron chi connectivity index (χ2n) is 0.603. The molecular weight excluding hydrogens is 68.0 g/mol. The summed E-state index contributed by atoms with van der Waals surface area (Å²) >= 11 is 0. The largest absolute Gasteiger partial charge is 0.291 e. The van der Waals surface area contributed by atoms with Gasteiger partial charge in [0.25, 0.3) is 6.67 Å². The van der Waals surface area contributed by atoms with Gasteiger partial charge in [-0.1, -0.05) is 0 Å². The van der Waals surface area contributed by atoms with Gasteiger partial charge in [-0.05, 0) is 0 Å². The Balaban J connectivity index is 2.61. The van der Waals surface area contributed by atoms with Crippen molar-refractivity contribution in [3.8, 4) is 0 Å². The van der Waals surface area contributed by atoms with E-state index < -0.39 is 0 Å². The summed E-state index contributed by atoms with van der Waals surface area (Å²) in [4.78, 5) is 0. The first-order valence-electron chi connectivity index (χ1n) is 1.23. The molecule has 0 saturated heterocycles. The van der Waals surface area contributed by atoms with Crippen molar-refractivity contribution >= 4 is 0 Å². The van der Waals surface area contributed by atoms with E-state index in [-0.39, 0.29) is 0 Å². The van der Waals surface area contributed by atoms with Crippen LogP contribution in [0.2, 0.25) is 0 Å². The third kappa shape index (κ3) is 0.261. The minimum Gasteiger partial charge on any atom is 0.00354 e. The monoisotopic (exact) mass is 70.0 g/mol. The standard InChI is InChI=1S/CH2N4/c1-2-4-5-3-1/h1H2/q+1. The zero-order valence-corrected chi connectivity index (χ0v) is 2.50. The highest BCUT2D eigenvalue weighted by Crippen LogP contribution is 1.78. The molecule has 1 aliphatic rings. The van der Waals surface area contributed by atoms with Crippen LogP contribution in [0.3, 0.4) is 0 Å². The summed E-state index contributed by atoms with van der Waals surface area (Å²) in [6, 6.07) is 0. The Morgan fingerprint density at radius 3 is 2.80 bits per heavy atom. The molecule has 0 spiro atoms. The van der Waals surface area contributed by atoms with Gasteiger partial charge >= 0.3 is 0 Å². The molecule has 5 heavy (non-hydrogen) atoms. The summed E-state index contributed by atoms with van der Waals surface area (Å²) in [6.45, 7) is 0.417. The zero-order valence-electron chi connectivity index (χ0n) is 2.50. The SMILES string of the molecule is C1N=NN=[N+]1. The smallest absolute Gasteiger partial charge is 0.00354 e. The van der Waals surface area contributed by atoms with Crippen molar-refractivity contribution in [3.05, 3.63) is 0 Å². The maximum Gasteiger partial charge on any atom is 0.291 e. The van der Waals surface area contributed by atoms with E-state index in [0.717, 1.165) is 0 Å². The molecule has 25 valence electrons. The Morgan fingerprint density at radius 2 is 2.60 bits per heavy atom. The van der Waals surface area contributed by atoms with Gasteiger partial charge in [-0.2, -0.15) is 0 Å². The van der Waals surface area contributed by atoms with Crippen LogP contribution in [0.25, 0.3) is 0 Å². The molecule has 0 aromatic carbocycles. The van der Waals surface area contributed by atoms with Gasteiger partial charge in [0.2, 0.25) is 10.4 Å². The van der Waals surface area contributed by atoms with Crippen molar-refractivity contribution in [3.63, 3.8) is 0 Å². The maximum atomic E-state index is 3.38. The van der Waals surface area contributed by atoms with Crippen LogP contribution in [0.1, 0.15) is 0 Å². The molecule has 0 fully saturated rings. The summed E-state index contributed by atoms with van der Waals surface area (Å²) in [6.07, 6.45) is 0. The Kier molecular flexibility index (Phi) is 0.428. The molecule has 1 radical (unpaired) electrons. The van der Waals surface area contributed by atoms with Crippen molar-refractivity contribution in [2.45, 2.75) is 0 Å². The fraction of sp³-hybridized carbons (Fsp3) is 1.00. The lowest BCUT2D eigenvalue weighted by atomic mass is 11.2. The molecule has 4 nitrogen and oxygen atoms in total. The molecule has 1 aliphatic heterocycles. The van der Waals surface area contributed by atoms with Crippen LogP contribution < -0.4 is 5.11 Å². The fourth-order valence-corrected chi connectivity index (χ4v) is 0.141. The highest BCUT2D eigenvalue weighted by molar-refractivity contribution is 4.25. The predicted molar refractivity (Wildman–Crippen MR) is 14.3 cm³/mol. The van der Waals surface area contributed by atoms with E-state index in [1.54, 1.807) is 0 Å². The van der Waals surface area contributed by atoms with Crippen molar-refractivity contribution in [2.24, 2.45) is 15.6 Å². The highest BCUT2D eigenvalue weighted by atomic mass is 15.5. The number of rotatable bonds is 0. The molecule has 1 rings (SSSR count). The Labute approximate surface area is 28.6 Å². The van der Waals surface area contributed by atoms with Gasteiger partial charge in [0.05, 0.1) is 5.11 Å². The Hall–Kier alpha value is -0.800. The van der Waals surface area contributed by atoms with Gasteiger partial charge in [-0.15, -0.1) is 0 Å². The molecule has 0 aromatic rings. The van der Waals surface area contributed by atoms with Gasteiger partial charge in [0.1, 0.15) is 0 Å². The maximum absolute atomic E-state index is 3.38. The molecule has 4 heteroatoms. The topological polar surface area (TPSA) is 51.2 Å². The summed E-state index contributed by atoms with van der Waals surface area (Å²) in [5.41, 5.74) is 0. The van der Waals surface area contributed by atoms with Gasteiger partial charge in [-0.25, -0.2) is 0 Å². The first kappa shape index (κ1) is 2.44. The number of hydrogen-bond acceptors (Lipinski definition) is 4. The normalized spacial score (nSPS) is 17.6. The zero-order chi connectivity index (χ0) is 3.54. The summed E-state index contributed by atoms with van der Waals surface area (Å²) in [7, 11) is 0. The van der Waals surface area contributed by atoms with Crippen LogP contribution in [0.4, 0.5) is 0 Å². The van der Waals surface area contributed by atoms with Gasteiger partial charge < -0.3 is 0 Å². The summed E-state index contributed by atoms with van der Waals surface area (Å²) in [5, 5.41) is 13.1. The lowest BCUT2D eigenvalue weighted by molar-refractivity contribution is 0.927. The van der Waals surface area contributed by atoms with Gasteiger partial charge in [-0.3, -0.25) is 0 Å². The summed E-state index contributed by atoms with van der Waals surface area (Å²) in [5.74, 6) is 0. The second-order valence-corrected chi connectivity index (χ2v) is 0.603. The molecule has 0 atom stereocenters. The van der Waals surface area contributed by atoms with E-state index in [9.17, 15) is 0 Å². The van der Waals surface area contributed by atoms with Gasteiger partial charge in [0, 0.05) is 5.11 Å². The molecule has 0 aliphatic carbocycles. The van der Waals surface area contributed by atoms with E-state index >= 15 is 0 Å². The van der Waals surface area contributed by atoms with Gasteiger partial charge in [0.15, 0.2) is 0 Å². The average molecular weight is 70.1 g/mol. The summed E-state index contributed by atoms with van der Waals surface area (Å²) < 4.78 is 0. The van der Waals surface area contributed by atoms with Crippen molar-refractivity contribution in [2.75, 3.05) is 6.67 Å². The third-order valence-corrected chi connectivity index (χ3v) is 0.293. The third-order valence-electron chi connectivity index (χ3n) is 0.293. The van der Waals surface area contributed by atoms with Crippen LogP contribution in [0, 0.1) is 0 Å². The molecule has 0 aromatic heterocycles. The molecule has 0 unspecified atom stereocenters. The Bertz CT molecular complexity index is 61.7. The van der Waals surface area contributed by atoms with Crippen LogP contribution in [0.5, 0.6) is 0 Å². The molecule has 0 saturated carbocycles. The number of hydrogen-bond donors (Lipinski definition) is 0. The first-order valence-corrected chi connectivity index (χ1v) is 1.23. The fourth-order valence-electron chi connectivity index (χ4n) is 0.141. The molecule has 0 bridgehead atoms. The van der Waals surface area contributed by atoms with E-state index in [4.69, 9.17) is 0 Å². The lowest BCUT2D eigenvalue weighted by Gasteiger charge is -1.37. The Morgan fingerprint density at radius 1 is 1.60 bits per heavy atom. The van der Waals surface area contributed by atoms with Crippen LogP contribution in [-0.4, -0.2) is 6.67 Å². The van der Waals surface area contributed by atoms with E-state index in [2.05, 4.69) is 20.7 Å². The minimum atomic E-state index is 0.417. The molecular formula is CH2N4+. The minimum absolute atomic E-state index is 0.417. The first-order chi connectivity index (χ1) is 2.50. The van der Waals surface area contributed by atoms with E-state index in [1.807, 2.05) is 0 Å². The van der Waals surface area contributed by atoms with Crippen LogP contribution in [0.15, 0.2) is 15.6 Å². The molecule has 0 amide bonds. The number of nitrogens with zero attached hydrogens (tertiary/aromatic N) is 4. The molecule has 0 N–H and O–H groups in total. The molecule has 1 heterocycles. The lowest BCUT2D eigenvalue weighted by Crippen LogP contribution is -1.73. The predicted octanol–water partition coefficient (Wildman–Crippen LogP) is 0.113. The highest BCUT2D eigenvalue weighted by Gasteiger charge is 1.94. The second kappa shape index (κ2) is 0.878. The van der Waals surface area contributed by atoms with Crippen molar-refractivity contribution in [1.29, 1.82) is 0 Å². The average Bonchev–Trinajstić information content (AvgIpc) is 1.76. The van der Waals surface area contributed by atoms with E-state index in [0.29, 0.717) is 6.67 Å². The van der Waals surface area contributed by atoms with E-state index in [1.165, 1.54) is 0 Å². The van der Waals surface area contributed by atoms with Crippen LogP contribution in [-0.2, 0) is 0 Å². The van der Waals surface area contributed by atoms with Crippen molar-refractivity contribution < 1.29 is 0 Å². The van der Waals surface area contributed by atoms with Crippen LogP contribution >= 0.6 is 0 Å². The van der Waals surface area contributed by atoms with Crippen molar-refractivity contribution in [1.82, 2.24) is 5.11 Å². The quantitative estimate of drug-likeness (QED) is 0.388.